The standard InChI is InChI=1S/C25H23NO7S/c1-3-31-23-19-12-8-9-13-20(19)24(32-4-2)22-16-18(14-15-21(22)23)34(29,30)33-25(26(27)28)17-10-6-5-7-11-17/h5-16,25H,3-4H2,1-2H3. The molecule has 0 aliphatic rings. The van der Waals surface area contributed by atoms with Gasteiger partial charge < -0.3 is 9.47 Å². The summed E-state index contributed by atoms with van der Waals surface area (Å²) >= 11 is 0. The molecule has 4 aromatic carbocycles. The van der Waals surface area contributed by atoms with Gasteiger partial charge in [-0.15, -0.1) is 0 Å². The van der Waals surface area contributed by atoms with Gasteiger partial charge in [0.15, 0.2) is 0 Å². The maximum Gasteiger partial charge on any atom is 0.356 e. The van der Waals surface area contributed by atoms with E-state index >= 15 is 0 Å². The van der Waals surface area contributed by atoms with E-state index in [9.17, 15) is 18.5 Å². The fourth-order valence-corrected chi connectivity index (χ4v) is 4.87. The van der Waals surface area contributed by atoms with Crippen LogP contribution in [0.3, 0.4) is 0 Å². The van der Waals surface area contributed by atoms with E-state index in [4.69, 9.17) is 13.7 Å². The topological polar surface area (TPSA) is 105 Å². The monoisotopic (exact) mass is 481 g/mol. The van der Waals surface area contributed by atoms with Crippen molar-refractivity contribution in [2.75, 3.05) is 13.2 Å². The van der Waals surface area contributed by atoms with Crippen LogP contribution < -0.4 is 9.47 Å². The molecule has 0 saturated carbocycles. The number of nitrogens with zero attached hydrogens (tertiary/aromatic N) is 1. The summed E-state index contributed by atoms with van der Waals surface area (Å²) in [5.41, 5.74) is 0.122. The molecule has 0 bridgehead atoms. The summed E-state index contributed by atoms with van der Waals surface area (Å²) in [6.45, 7) is 4.48. The molecule has 4 aromatic rings. The number of benzene rings is 4. The largest absolute Gasteiger partial charge is 0.493 e. The molecule has 0 spiro atoms. The summed E-state index contributed by atoms with van der Waals surface area (Å²) < 4.78 is 43.1. The number of nitro groups is 1. The van der Waals surface area contributed by atoms with Crippen LogP contribution in [-0.2, 0) is 14.3 Å². The first-order valence-electron chi connectivity index (χ1n) is 10.7. The zero-order chi connectivity index (χ0) is 24.3. The Balaban J connectivity index is 1.89. The highest BCUT2D eigenvalue weighted by Gasteiger charge is 2.32. The lowest BCUT2D eigenvalue weighted by atomic mass is 10.0. The van der Waals surface area contributed by atoms with Crippen LogP contribution in [0.1, 0.15) is 25.6 Å². The van der Waals surface area contributed by atoms with Crippen molar-refractivity contribution < 1.29 is 27.0 Å². The zero-order valence-electron chi connectivity index (χ0n) is 18.6. The summed E-state index contributed by atoms with van der Waals surface area (Å²) in [7, 11) is -4.49. The lowest BCUT2D eigenvalue weighted by molar-refractivity contribution is -0.570. The molecule has 0 saturated heterocycles. The summed E-state index contributed by atoms with van der Waals surface area (Å²) in [6, 6.07) is 19.6. The van der Waals surface area contributed by atoms with Gasteiger partial charge in [-0.25, -0.2) is 0 Å². The van der Waals surface area contributed by atoms with E-state index in [-0.39, 0.29) is 10.5 Å². The predicted octanol–water partition coefficient (Wildman–Crippen LogP) is 5.47. The first-order chi connectivity index (χ1) is 16.4. The van der Waals surface area contributed by atoms with Gasteiger partial charge in [-0.2, -0.15) is 12.6 Å². The van der Waals surface area contributed by atoms with E-state index in [1.54, 1.807) is 24.3 Å². The Bertz CT molecular complexity index is 1450. The molecule has 0 heterocycles. The molecule has 0 aromatic heterocycles. The summed E-state index contributed by atoms with van der Waals surface area (Å²) in [4.78, 5) is 10.6. The van der Waals surface area contributed by atoms with Gasteiger partial charge in [0, 0.05) is 21.5 Å². The third-order valence-corrected chi connectivity index (χ3v) is 6.52. The first kappa shape index (κ1) is 23.5. The van der Waals surface area contributed by atoms with Gasteiger partial charge in [-0.05, 0) is 44.2 Å². The summed E-state index contributed by atoms with van der Waals surface area (Å²) in [5.74, 6) is 1.11. The van der Waals surface area contributed by atoms with Gasteiger partial charge in [0.1, 0.15) is 11.5 Å². The highest BCUT2D eigenvalue weighted by atomic mass is 32.2. The summed E-state index contributed by atoms with van der Waals surface area (Å²) in [5, 5.41) is 14.4. The van der Waals surface area contributed by atoms with E-state index < -0.39 is 21.3 Å². The van der Waals surface area contributed by atoms with Gasteiger partial charge in [0.05, 0.1) is 28.6 Å². The average molecular weight is 482 g/mol. The second kappa shape index (κ2) is 9.66. The van der Waals surface area contributed by atoms with Crippen molar-refractivity contribution in [1.29, 1.82) is 0 Å². The molecule has 176 valence electrons. The molecule has 0 aliphatic heterocycles. The molecule has 0 aliphatic carbocycles. The van der Waals surface area contributed by atoms with Crippen LogP contribution in [0.25, 0.3) is 21.5 Å². The van der Waals surface area contributed by atoms with Crippen molar-refractivity contribution in [3.05, 3.63) is 88.5 Å². The molecule has 9 heteroatoms. The van der Waals surface area contributed by atoms with E-state index in [2.05, 4.69) is 0 Å². The van der Waals surface area contributed by atoms with E-state index in [0.717, 1.165) is 10.8 Å². The van der Waals surface area contributed by atoms with Crippen molar-refractivity contribution in [2.45, 2.75) is 25.0 Å². The van der Waals surface area contributed by atoms with Gasteiger partial charge in [-0.3, -0.25) is 10.1 Å². The van der Waals surface area contributed by atoms with Crippen LogP contribution in [-0.4, -0.2) is 26.6 Å². The number of ether oxygens (including phenoxy) is 2. The molecule has 34 heavy (non-hydrogen) atoms. The highest BCUT2D eigenvalue weighted by Crippen LogP contribution is 2.43. The minimum Gasteiger partial charge on any atom is -0.493 e. The van der Waals surface area contributed by atoms with Crippen molar-refractivity contribution >= 4 is 31.7 Å². The van der Waals surface area contributed by atoms with Crippen molar-refractivity contribution in [3.63, 3.8) is 0 Å². The van der Waals surface area contributed by atoms with E-state index in [0.29, 0.717) is 35.5 Å². The van der Waals surface area contributed by atoms with Gasteiger partial charge in [0.25, 0.3) is 0 Å². The molecule has 1 atom stereocenters. The molecular formula is C25H23NO7S. The van der Waals surface area contributed by atoms with Crippen LogP contribution in [0.15, 0.2) is 77.7 Å². The van der Waals surface area contributed by atoms with E-state index in [1.165, 1.54) is 24.3 Å². The molecule has 0 N–H and O–H groups in total. The van der Waals surface area contributed by atoms with Crippen molar-refractivity contribution in [1.82, 2.24) is 0 Å². The van der Waals surface area contributed by atoms with Crippen LogP contribution >= 0.6 is 0 Å². The number of hydrogen-bond acceptors (Lipinski definition) is 7. The Morgan fingerprint density at radius 1 is 0.794 bits per heavy atom. The van der Waals surface area contributed by atoms with Crippen LogP contribution in [0, 0.1) is 10.1 Å². The number of rotatable bonds is 9. The molecule has 0 fully saturated rings. The van der Waals surface area contributed by atoms with Crippen LogP contribution in [0.2, 0.25) is 0 Å². The molecule has 0 radical (unpaired) electrons. The van der Waals surface area contributed by atoms with Gasteiger partial charge >= 0.3 is 16.3 Å². The normalized spacial score (nSPS) is 12.5. The first-order valence-corrected chi connectivity index (χ1v) is 12.1. The fourth-order valence-electron chi connectivity index (χ4n) is 3.84. The third kappa shape index (κ3) is 4.40. The van der Waals surface area contributed by atoms with Crippen molar-refractivity contribution in [2.24, 2.45) is 0 Å². The SMILES string of the molecule is CCOc1c2ccccc2c(OCC)c2cc(S(=O)(=O)OC(c3ccccc3)[N+](=O)[O-])ccc12. The smallest absolute Gasteiger partial charge is 0.356 e. The number of fused-ring (bicyclic) bond motifs is 2. The minimum atomic E-state index is -4.49. The quantitative estimate of drug-likeness (QED) is 0.103. The minimum absolute atomic E-state index is 0.122. The van der Waals surface area contributed by atoms with Crippen LogP contribution in [0.4, 0.5) is 0 Å². The Kier molecular flexibility index (Phi) is 6.67. The predicted molar refractivity (Wildman–Crippen MR) is 128 cm³/mol. The van der Waals surface area contributed by atoms with Gasteiger partial charge in [0.2, 0.25) is 0 Å². The molecule has 4 rings (SSSR count). The Morgan fingerprint density at radius 3 is 1.88 bits per heavy atom. The number of hydrogen-bond donors (Lipinski definition) is 0. The van der Waals surface area contributed by atoms with Crippen LogP contribution in [0.5, 0.6) is 11.5 Å². The van der Waals surface area contributed by atoms with Gasteiger partial charge in [-0.1, -0.05) is 42.5 Å². The summed E-state index contributed by atoms with van der Waals surface area (Å²) in [6.07, 6.45) is -1.87. The fraction of sp³-hybridized carbons (Fsp3) is 0.200. The maximum absolute atomic E-state index is 13.1. The average Bonchev–Trinajstić information content (AvgIpc) is 2.84. The molecular weight excluding hydrogens is 458 g/mol. The highest BCUT2D eigenvalue weighted by molar-refractivity contribution is 7.86. The second-order valence-corrected chi connectivity index (χ2v) is 8.95. The maximum atomic E-state index is 13.1. The molecule has 8 nitrogen and oxygen atoms in total. The lowest BCUT2D eigenvalue weighted by Crippen LogP contribution is -2.19. The third-order valence-electron chi connectivity index (χ3n) is 5.26. The van der Waals surface area contributed by atoms with E-state index in [1.807, 2.05) is 38.1 Å². The Hall–Kier alpha value is -3.69. The van der Waals surface area contributed by atoms with Crippen molar-refractivity contribution in [3.8, 4) is 11.5 Å². The second-order valence-electron chi connectivity index (χ2n) is 7.38. The zero-order valence-corrected chi connectivity index (χ0v) is 19.4. The molecule has 1 unspecified atom stereocenters. The lowest BCUT2D eigenvalue weighted by Gasteiger charge is -2.18. The Morgan fingerprint density at radius 2 is 1.32 bits per heavy atom. The molecule has 0 amide bonds. The Labute approximate surface area is 197 Å².